The van der Waals surface area contributed by atoms with Crippen molar-refractivity contribution in [1.82, 2.24) is 16.0 Å². The van der Waals surface area contributed by atoms with Crippen LogP contribution in [0.25, 0.3) is 21.9 Å². The molecule has 0 bridgehead atoms. The highest BCUT2D eigenvalue weighted by molar-refractivity contribution is 7.99. The molecule has 1 heterocycles. The fourth-order valence-electron chi connectivity index (χ4n) is 5.10. The van der Waals surface area contributed by atoms with Crippen LogP contribution in [0.5, 0.6) is 0 Å². The first kappa shape index (κ1) is 31.1. The van der Waals surface area contributed by atoms with Crippen molar-refractivity contribution in [2.24, 2.45) is 5.73 Å². The molecule has 0 aromatic heterocycles. The van der Waals surface area contributed by atoms with Crippen LogP contribution in [0.15, 0.2) is 89.8 Å². The van der Waals surface area contributed by atoms with Gasteiger partial charge in [0.05, 0.1) is 17.8 Å². The molecule has 10 heteroatoms. The lowest BCUT2D eigenvalue weighted by atomic mass is 9.98. The first-order valence-corrected chi connectivity index (χ1v) is 15.5. The number of benzene rings is 4. The fraction of sp³-hybridized carbons (Fsp3) is 0.265. The zero-order valence-corrected chi connectivity index (χ0v) is 25.8. The lowest BCUT2D eigenvalue weighted by Gasteiger charge is -2.28. The summed E-state index contributed by atoms with van der Waals surface area (Å²) in [6, 6.07) is 26.6. The number of aliphatic hydroxyl groups excluding tert-OH is 1. The van der Waals surface area contributed by atoms with Crippen molar-refractivity contribution in [1.29, 1.82) is 0 Å². The molecule has 4 amide bonds. The second kappa shape index (κ2) is 13.1. The second-order valence-corrected chi connectivity index (χ2v) is 12.5. The summed E-state index contributed by atoms with van der Waals surface area (Å²) in [6.45, 7) is 5.32. The minimum absolute atomic E-state index is 0.194. The molecule has 0 radical (unpaired) electrons. The normalized spacial score (nSPS) is 15.7. The number of thioether (sulfide) groups is 1. The number of anilines is 1. The minimum atomic E-state index is -1.12. The third kappa shape index (κ3) is 7.05. The topological polar surface area (TPSA) is 137 Å². The Morgan fingerprint density at radius 1 is 1.02 bits per heavy atom. The molecule has 0 fully saturated rings. The summed E-state index contributed by atoms with van der Waals surface area (Å²) < 4.78 is 0. The van der Waals surface area contributed by atoms with E-state index in [0.29, 0.717) is 12.3 Å². The summed E-state index contributed by atoms with van der Waals surface area (Å²) in [5.41, 5.74) is 9.49. The molecule has 228 valence electrons. The van der Waals surface area contributed by atoms with Gasteiger partial charge in [0.2, 0.25) is 5.91 Å². The zero-order chi connectivity index (χ0) is 31.4. The average Bonchev–Trinajstić information content (AvgIpc) is 3.12. The van der Waals surface area contributed by atoms with Crippen LogP contribution >= 0.6 is 11.8 Å². The Morgan fingerprint density at radius 2 is 1.73 bits per heavy atom. The summed E-state index contributed by atoms with van der Waals surface area (Å²) in [5.74, 6) is -0.190. The van der Waals surface area contributed by atoms with E-state index in [1.54, 1.807) is 30.5 Å². The van der Waals surface area contributed by atoms with Gasteiger partial charge in [-0.1, -0.05) is 78.9 Å². The van der Waals surface area contributed by atoms with Gasteiger partial charge in [-0.2, -0.15) is 0 Å². The number of nitrogens with one attached hydrogen (secondary N) is 3. The molecule has 1 aliphatic heterocycles. The van der Waals surface area contributed by atoms with Crippen LogP contribution in [0.4, 0.5) is 10.5 Å². The van der Waals surface area contributed by atoms with Crippen molar-refractivity contribution in [2.75, 3.05) is 10.7 Å². The number of nitrogens with zero attached hydrogens (tertiary/aromatic N) is 1. The summed E-state index contributed by atoms with van der Waals surface area (Å²) in [7, 11) is 0. The van der Waals surface area contributed by atoms with E-state index in [1.165, 1.54) is 6.92 Å². The Kier molecular flexibility index (Phi) is 9.24. The number of hydrogen-bond acceptors (Lipinski definition) is 6. The number of nitrogens with two attached hydrogens (primary N) is 1. The molecular formula is C34H37N5O4S. The highest BCUT2D eigenvalue weighted by atomic mass is 32.2. The van der Waals surface area contributed by atoms with Gasteiger partial charge in [-0.3, -0.25) is 9.59 Å². The smallest absolute Gasteiger partial charge is 0.317 e. The molecule has 1 aliphatic rings. The predicted molar refractivity (Wildman–Crippen MR) is 175 cm³/mol. The maximum absolute atomic E-state index is 14.0. The highest BCUT2D eigenvalue weighted by Crippen LogP contribution is 2.40. The van der Waals surface area contributed by atoms with Gasteiger partial charge in [0.1, 0.15) is 12.3 Å². The van der Waals surface area contributed by atoms with Crippen LogP contribution in [0.3, 0.4) is 0 Å². The third-order valence-corrected chi connectivity index (χ3v) is 8.62. The summed E-state index contributed by atoms with van der Waals surface area (Å²) >= 11 is 1.56. The van der Waals surface area contributed by atoms with Crippen molar-refractivity contribution in [3.63, 3.8) is 0 Å². The summed E-state index contributed by atoms with van der Waals surface area (Å²) in [6.07, 6.45) is -0.947. The van der Waals surface area contributed by atoms with Gasteiger partial charge in [-0.25, -0.2) is 4.79 Å². The molecule has 44 heavy (non-hydrogen) atoms. The van der Waals surface area contributed by atoms with Crippen molar-refractivity contribution in [3.05, 3.63) is 96.1 Å². The van der Waals surface area contributed by atoms with Gasteiger partial charge in [0.25, 0.3) is 5.91 Å². The number of hydrogen-bond donors (Lipinski definition) is 5. The molecule has 2 atom stereocenters. The predicted octanol–water partition coefficient (Wildman–Crippen LogP) is 4.51. The zero-order valence-electron chi connectivity index (χ0n) is 25.0. The molecule has 4 aromatic carbocycles. The van der Waals surface area contributed by atoms with Crippen LogP contribution in [0, 0.1) is 0 Å². The SMILES string of the molecule is CC(O)NC(=O)NCc1ccccc1-c1ccc(CN2C(=O)C(NC(=O)C(C)(C)N)CSc3c2ccc2ccccc32)cc1. The molecule has 0 spiro atoms. The van der Waals surface area contributed by atoms with Crippen LogP contribution in [-0.2, 0) is 22.7 Å². The Hall–Kier alpha value is -4.38. The molecule has 5 rings (SSSR count). The molecule has 0 aliphatic carbocycles. The van der Waals surface area contributed by atoms with Gasteiger partial charge < -0.3 is 31.7 Å². The minimum Gasteiger partial charge on any atom is -0.374 e. The van der Waals surface area contributed by atoms with Crippen LogP contribution in [0.1, 0.15) is 31.9 Å². The summed E-state index contributed by atoms with van der Waals surface area (Å²) in [4.78, 5) is 41.6. The van der Waals surface area contributed by atoms with Crippen molar-refractivity contribution < 1.29 is 19.5 Å². The molecule has 9 nitrogen and oxygen atoms in total. The first-order valence-electron chi connectivity index (χ1n) is 14.5. The van der Waals surface area contributed by atoms with Crippen LogP contribution in [0.2, 0.25) is 0 Å². The Bertz CT molecular complexity index is 1680. The van der Waals surface area contributed by atoms with E-state index in [-0.39, 0.29) is 18.4 Å². The third-order valence-electron chi connectivity index (χ3n) is 7.40. The van der Waals surface area contributed by atoms with E-state index in [0.717, 1.165) is 43.6 Å². The van der Waals surface area contributed by atoms with Gasteiger partial charge in [-0.05, 0) is 59.9 Å². The summed E-state index contributed by atoms with van der Waals surface area (Å²) in [5, 5.41) is 19.6. The van der Waals surface area contributed by atoms with Gasteiger partial charge >= 0.3 is 6.03 Å². The highest BCUT2D eigenvalue weighted by Gasteiger charge is 2.35. The standard InChI is InChI=1S/C34H37N5O4S/c1-21(40)37-33(43)36-18-25-9-5-6-10-26(25)24-14-12-22(13-15-24)19-39-29-17-16-23-8-4-7-11-27(23)30(29)44-20-28(31(39)41)38-32(42)34(2,3)35/h4-17,21,28,40H,18-20,35H2,1-3H3,(H,38,42)(H2,36,37,43). The maximum Gasteiger partial charge on any atom is 0.317 e. The molecule has 4 aromatic rings. The van der Waals surface area contributed by atoms with Gasteiger partial charge in [0.15, 0.2) is 0 Å². The Morgan fingerprint density at radius 3 is 2.45 bits per heavy atom. The number of rotatable bonds is 8. The second-order valence-electron chi connectivity index (χ2n) is 11.5. The van der Waals surface area contributed by atoms with Crippen LogP contribution < -0.4 is 26.6 Å². The monoisotopic (exact) mass is 611 g/mol. The molecule has 6 N–H and O–H groups in total. The average molecular weight is 612 g/mol. The Balaban J connectivity index is 1.43. The number of fused-ring (bicyclic) bond motifs is 3. The van der Waals surface area contributed by atoms with E-state index in [9.17, 15) is 19.5 Å². The lowest BCUT2D eigenvalue weighted by Crippen LogP contribution is -2.56. The number of urea groups is 1. The van der Waals surface area contributed by atoms with Crippen molar-refractivity contribution in [2.45, 2.75) is 56.6 Å². The number of aliphatic hydroxyl groups is 1. The maximum atomic E-state index is 14.0. The quantitative estimate of drug-likeness (QED) is 0.186. The number of carbonyl (C=O) groups excluding carboxylic acids is 3. The van der Waals surface area contributed by atoms with E-state index < -0.39 is 23.8 Å². The Labute approximate surface area is 261 Å². The van der Waals surface area contributed by atoms with E-state index in [2.05, 4.69) is 28.1 Å². The van der Waals surface area contributed by atoms with Crippen molar-refractivity contribution >= 4 is 46.1 Å². The number of amides is 4. The molecule has 2 unspecified atom stereocenters. The lowest BCUT2D eigenvalue weighted by molar-refractivity contribution is -0.129. The van der Waals surface area contributed by atoms with E-state index >= 15 is 0 Å². The fourth-order valence-corrected chi connectivity index (χ4v) is 6.32. The number of carbonyl (C=O) groups is 3. The van der Waals surface area contributed by atoms with Gasteiger partial charge in [-0.15, -0.1) is 11.8 Å². The van der Waals surface area contributed by atoms with Crippen LogP contribution in [-0.4, -0.2) is 46.5 Å². The van der Waals surface area contributed by atoms with Crippen molar-refractivity contribution in [3.8, 4) is 11.1 Å². The van der Waals surface area contributed by atoms with Gasteiger partial charge in [0, 0.05) is 17.2 Å². The molecule has 0 saturated heterocycles. The van der Waals surface area contributed by atoms with E-state index in [4.69, 9.17) is 5.73 Å². The van der Waals surface area contributed by atoms with E-state index in [1.807, 2.05) is 72.8 Å². The molecular weight excluding hydrogens is 574 g/mol. The largest absolute Gasteiger partial charge is 0.374 e. The first-order chi connectivity index (χ1) is 21.0. The molecule has 0 saturated carbocycles.